The molecule has 0 amide bonds. The van der Waals surface area contributed by atoms with Crippen LogP contribution < -0.4 is 5.32 Å². The molecule has 0 aliphatic rings. The van der Waals surface area contributed by atoms with Crippen molar-refractivity contribution >= 4 is 39.0 Å². The number of anilines is 2. The maximum absolute atomic E-state index is 13.5. The third-order valence-electron chi connectivity index (χ3n) is 2.63. The van der Waals surface area contributed by atoms with Crippen molar-refractivity contribution in [3.8, 4) is 0 Å². The predicted octanol–water partition coefficient (Wildman–Crippen LogP) is 4.65. The molecule has 0 bridgehead atoms. The first-order valence-electron chi connectivity index (χ1n) is 5.76. The first-order valence-corrected chi connectivity index (χ1v) is 6.93. The molecular formula is C13H12BrClFN3. The summed E-state index contributed by atoms with van der Waals surface area (Å²) in [5, 5.41) is 3.47. The Labute approximate surface area is 124 Å². The van der Waals surface area contributed by atoms with Crippen LogP contribution in [0, 0.1) is 12.7 Å². The summed E-state index contributed by atoms with van der Waals surface area (Å²) in [6, 6.07) is 4.79. The first-order chi connectivity index (χ1) is 9.01. The van der Waals surface area contributed by atoms with Crippen molar-refractivity contribution in [2.45, 2.75) is 20.3 Å². The standard InChI is InChI=1S/C13H12BrClFN3/c1-3-11-18-12(15)7(2)13(19-11)17-8-4-5-9(14)10(16)6-8/h4-6H,3H2,1-2H3,(H,17,18,19). The smallest absolute Gasteiger partial charge is 0.139 e. The average molecular weight is 345 g/mol. The van der Waals surface area contributed by atoms with Crippen molar-refractivity contribution in [3.05, 3.63) is 45.0 Å². The van der Waals surface area contributed by atoms with Crippen LogP contribution in [0.5, 0.6) is 0 Å². The van der Waals surface area contributed by atoms with Crippen molar-refractivity contribution in [2.75, 3.05) is 5.32 Å². The first kappa shape index (κ1) is 14.2. The van der Waals surface area contributed by atoms with Crippen molar-refractivity contribution < 1.29 is 4.39 Å². The molecule has 0 fully saturated rings. The number of nitrogens with one attached hydrogen (secondary N) is 1. The molecule has 1 aromatic carbocycles. The molecule has 1 N–H and O–H groups in total. The van der Waals surface area contributed by atoms with Gasteiger partial charge in [0.1, 0.15) is 22.6 Å². The normalized spacial score (nSPS) is 10.6. The van der Waals surface area contributed by atoms with Gasteiger partial charge in [0.2, 0.25) is 0 Å². The molecule has 2 aromatic rings. The van der Waals surface area contributed by atoms with Gasteiger partial charge in [0.05, 0.1) is 4.47 Å². The quantitative estimate of drug-likeness (QED) is 0.824. The third kappa shape index (κ3) is 3.22. The van der Waals surface area contributed by atoms with Gasteiger partial charge >= 0.3 is 0 Å². The molecule has 2 rings (SSSR count). The number of hydrogen-bond donors (Lipinski definition) is 1. The molecule has 19 heavy (non-hydrogen) atoms. The summed E-state index contributed by atoms with van der Waals surface area (Å²) in [5.41, 5.74) is 1.35. The molecule has 0 aliphatic carbocycles. The highest BCUT2D eigenvalue weighted by atomic mass is 79.9. The fourth-order valence-electron chi connectivity index (χ4n) is 1.52. The van der Waals surface area contributed by atoms with E-state index in [2.05, 4.69) is 31.2 Å². The van der Waals surface area contributed by atoms with Gasteiger partial charge in [-0.25, -0.2) is 14.4 Å². The van der Waals surface area contributed by atoms with E-state index in [1.807, 2.05) is 13.8 Å². The van der Waals surface area contributed by atoms with E-state index in [0.29, 0.717) is 33.4 Å². The summed E-state index contributed by atoms with van der Waals surface area (Å²) in [5.74, 6) is 0.910. The van der Waals surface area contributed by atoms with Crippen LogP contribution in [0.3, 0.4) is 0 Å². The van der Waals surface area contributed by atoms with Gasteiger partial charge < -0.3 is 5.32 Å². The molecule has 0 saturated carbocycles. The lowest BCUT2D eigenvalue weighted by Gasteiger charge is -2.11. The fraction of sp³-hybridized carbons (Fsp3) is 0.231. The molecule has 0 radical (unpaired) electrons. The SMILES string of the molecule is CCc1nc(Cl)c(C)c(Nc2ccc(Br)c(F)c2)n1. The van der Waals surface area contributed by atoms with Crippen LogP contribution >= 0.6 is 27.5 Å². The Kier molecular flexibility index (Phi) is 4.37. The summed E-state index contributed by atoms with van der Waals surface area (Å²) in [4.78, 5) is 8.52. The number of nitrogens with zero attached hydrogens (tertiary/aromatic N) is 2. The second-order valence-corrected chi connectivity index (χ2v) is 5.22. The zero-order valence-electron chi connectivity index (χ0n) is 10.5. The largest absolute Gasteiger partial charge is 0.340 e. The summed E-state index contributed by atoms with van der Waals surface area (Å²) in [7, 11) is 0. The minimum atomic E-state index is -0.335. The average Bonchev–Trinajstić information content (AvgIpc) is 2.39. The Morgan fingerprint density at radius 2 is 2.11 bits per heavy atom. The van der Waals surface area contributed by atoms with Gasteiger partial charge in [-0.05, 0) is 41.1 Å². The number of hydrogen-bond acceptors (Lipinski definition) is 3. The van der Waals surface area contributed by atoms with E-state index >= 15 is 0 Å². The number of aryl methyl sites for hydroxylation is 1. The van der Waals surface area contributed by atoms with Crippen LogP contribution in [0.15, 0.2) is 22.7 Å². The highest BCUT2D eigenvalue weighted by Gasteiger charge is 2.09. The molecule has 6 heteroatoms. The Hall–Kier alpha value is -1.20. The predicted molar refractivity (Wildman–Crippen MR) is 78.5 cm³/mol. The van der Waals surface area contributed by atoms with E-state index in [-0.39, 0.29) is 5.82 Å². The molecule has 0 saturated heterocycles. The number of aromatic nitrogens is 2. The number of halogens is 3. The second-order valence-electron chi connectivity index (χ2n) is 4.01. The molecule has 3 nitrogen and oxygen atoms in total. The zero-order chi connectivity index (χ0) is 14.0. The van der Waals surface area contributed by atoms with E-state index in [1.54, 1.807) is 12.1 Å². The van der Waals surface area contributed by atoms with Crippen molar-refractivity contribution in [2.24, 2.45) is 0 Å². The lowest BCUT2D eigenvalue weighted by molar-refractivity contribution is 0.622. The van der Waals surface area contributed by atoms with Crippen LogP contribution in [0.4, 0.5) is 15.9 Å². The number of benzene rings is 1. The molecular weight excluding hydrogens is 333 g/mol. The molecule has 0 aliphatic heterocycles. The van der Waals surface area contributed by atoms with Crippen LogP contribution in [0.1, 0.15) is 18.3 Å². The minimum absolute atomic E-state index is 0.335. The fourth-order valence-corrected chi connectivity index (χ4v) is 1.96. The van der Waals surface area contributed by atoms with E-state index in [0.717, 1.165) is 5.56 Å². The maximum atomic E-state index is 13.5. The summed E-state index contributed by atoms with van der Waals surface area (Å²) < 4.78 is 13.9. The third-order valence-corrected chi connectivity index (χ3v) is 3.64. The van der Waals surface area contributed by atoms with E-state index in [4.69, 9.17) is 11.6 Å². The van der Waals surface area contributed by atoms with Crippen molar-refractivity contribution in [3.63, 3.8) is 0 Å². The van der Waals surface area contributed by atoms with Crippen LogP contribution in [-0.4, -0.2) is 9.97 Å². The van der Waals surface area contributed by atoms with E-state index < -0.39 is 0 Å². The Morgan fingerprint density at radius 1 is 1.37 bits per heavy atom. The van der Waals surface area contributed by atoms with Gasteiger partial charge in [0, 0.05) is 17.7 Å². The van der Waals surface area contributed by atoms with Gasteiger partial charge in [0.15, 0.2) is 0 Å². The summed E-state index contributed by atoms with van der Waals surface area (Å²) in [6.45, 7) is 3.77. The van der Waals surface area contributed by atoms with Gasteiger partial charge in [-0.1, -0.05) is 18.5 Å². The topological polar surface area (TPSA) is 37.8 Å². The molecule has 100 valence electrons. The van der Waals surface area contributed by atoms with Gasteiger partial charge in [0.25, 0.3) is 0 Å². The van der Waals surface area contributed by atoms with Gasteiger partial charge in [-0.3, -0.25) is 0 Å². The second kappa shape index (κ2) is 5.84. The van der Waals surface area contributed by atoms with Crippen molar-refractivity contribution in [1.82, 2.24) is 9.97 Å². The van der Waals surface area contributed by atoms with Gasteiger partial charge in [-0.15, -0.1) is 0 Å². The van der Waals surface area contributed by atoms with Gasteiger partial charge in [-0.2, -0.15) is 0 Å². The van der Waals surface area contributed by atoms with Crippen molar-refractivity contribution in [1.29, 1.82) is 0 Å². The Balaban J connectivity index is 2.37. The number of rotatable bonds is 3. The molecule has 0 spiro atoms. The van der Waals surface area contributed by atoms with Crippen LogP contribution in [-0.2, 0) is 6.42 Å². The Morgan fingerprint density at radius 3 is 2.74 bits per heavy atom. The lowest BCUT2D eigenvalue weighted by atomic mass is 10.2. The maximum Gasteiger partial charge on any atom is 0.139 e. The van der Waals surface area contributed by atoms with Crippen LogP contribution in [0.2, 0.25) is 5.15 Å². The summed E-state index contributed by atoms with van der Waals surface area (Å²) in [6.07, 6.45) is 0.684. The van der Waals surface area contributed by atoms with E-state index in [9.17, 15) is 4.39 Å². The molecule has 0 atom stereocenters. The monoisotopic (exact) mass is 343 g/mol. The van der Waals surface area contributed by atoms with Crippen LogP contribution in [0.25, 0.3) is 0 Å². The zero-order valence-corrected chi connectivity index (χ0v) is 12.8. The Bertz CT molecular complexity index is 619. The minimum Gasteiger partial charge on any atom is -0.340 e. The molecule has 0 unspecified atom stereocenters. The molecule has 1 heterocycles. The summed E-state index contributed by atoms with van der Waals surface area (Å²) >= 11 is 9.16. The van der Waals surface area contributed by atoms with E-state index in [1.165, 1.54) is 6.07 Å². The lowest BCUT2D eigenvalue weighted by Crippen LogP contribution is -2.03. The highest BCUT2D eigenvalue weighted by Crippen LogP contribution is 2.25. The highest BCUT2D eigenvalue weighted by molar-refractivity contribution is 9.10. The molecule has 1 aromatic heterocycles.